The van der Waals surface area contributed by atoms with Gasteiger partial charge in [-0.05, 0) is 43.2 Å². The predicted octanol–water partition coefficient (Wildman–Crippen LogP) is 3.14. The average molecular weight is 351 g/mol. The number of aromatic nitrogens is 4. The van der Waals surface area contributed by atoms with E-state index in [4.69, 9.17) is 0 Å². The molecule has 3 heterocycles. The van der Waals surface area contributed by atoms with Crippen molar-refractivity contribution in [2.45, 2.75) is 26.8 Å². The van der Waals surface area contributed by atoms with E-state index in [1.807, 2.05) is 30.0 Å². The largest absolute Gasteiger partial charge is 0.334 e. The fourth-order valence-electron chi connectivity index (χ4n) is 3.34. The molecule has 0 atom stereocenters. The van der Waals surface area contributed by atoms with Gasteiger partial charge in [-0.25, -0.2) is 9.67 Å². The van der Waals surface area contributed by atoms with Crippen LogP contribution in [0.4, 0.5) is 4.39 Å². The van der Waals surface area contributed by atoms with Crippen LogP contribution in [0.2, 0.25) is 0 Å². The monoisotopic (exact) mass is 351 g/mol. The number of benzene rings is 1. The zero-order valence-electron chi connectivity index (χ0n) is 14.6. The molecular weight excluding hydrogens is 333 g/mol. The van der Waals surface area contributed by atoms with Gasteiger partial charge in [0.2, 0.25) is 5.95 Å². The number of fused-ring (bicyclic) bond motifs is 1. The predicted molar refractivity (Wildman–Crippen MR) is 94.3 cm³/mol. The van der Waals surface area contributed by atoms with E-state index in [1.54, 1.807) is 12.1 Å². The number of hydrogen-bond acceptors (Lipinski definition) is 4. The number of amides is 1. The summed E-state index contributed by atoms with van der Waals surface area (Å²) in [6.45, 7) is 5.25. The van der Waals surface area contributed by atoms with Crippen LogP contribution in [0.25, 0.3) is 16.9 Å². The lowest BCUT2D eigenvalue weighted by molar-refractivity contribution is 0.0778. The Kier molecular flexibility index (Phi) is 3.99. The summed E-state index contributed by atoms with van der Waals surface area (Å²) in [5.74, 6) is -0.520. The van der Waals surface area contributed by atoms with E-state index < -0.39 is 5.95 Å². The molecule has 2 aromatic heterocycles. The number of carbonyl (C=O) groups excluding carboxylic acids is 1. The number of rotatable bonds is 4. The number of carbonyl (C=O) groups is 1. The summed E-state index contributed by atoms with van der Waals surface area (Å²) >= 11 is 0. The van der Waals surface area contributed by atoms with Crippen LogP contribution in [0.5, 0.6) is 0 Å². The first kappa shape index (κ1) is 16.4. The summed E-state index contributed by atoms with van der Waals surface area (Å²) in [6, 6.07) is 8.95. The van der Waals surface area contributed by atoms with Crippen LogP contribution in [0.15, 0.2) is 36.5 Å². The summed E-state index contributed by atoms with van der Waals surface area (Å²) in [5.41, 5.74) is 4.23. The molecule has 0 bridgehead atoms. The van der Waals surface area contributed by atoms with Crippen LogP contribution in [0.3, 0.4) is 0 Å². The smallest absolute Gasteiger partial charge is 0.254 e. The van der Waals surface area contributed by atoms with Gasteiger partial charge in [0, 0.05) is 30.4 Å². The highest BCUT2D eigenvalue weighted by Gasteiger charge is 2.27. The third kappa shape index (κ3) is 2.56. The van der Waals surface area contributed by atoms with Gasteiger partial charge in [0.1, 0.15) is 11.4 Å². The first-order chi connectivity index (χ1) is 12.6. The molecule has 0 fully saturated rings. The topological polar surface area (TPSA) is 63.9 Å². The lowest BCUT2D eigenvalue weighted by Crippen LogP contribution is -2.24. The Morgan fingerprint density at radius 2 is 2.12 bits per heavy atom. The summed E-state index contributed by atoms with van der Waals surface area (Å²) in [7, 11) is 0. The number of pyridine rings is 1. The molecule has 26 heavy (non-hydrogen) atoms. The maximum atomic E-state index is 14.0. The lowest BCUT2D eigenvalue weighted by Gasteiger charge is -2.13. The Morgan fingerprint density at radius 3 is 2.88 bits per heavy atom. The van der Waals surface area contributed by atoms with Crippen molar-refractivity contribution in [3.05, 3.63) is 59.3 Å². The van der Waals surface area contributed by atoms with Crippen LogP contribution in [-0.2, 0) is 6.54 Å². The zero-order chi connectivity index (χ0) is 18.3. The van der Waals surface area contributed by atoms with Gasteiger partial charge in [0.15, 0.2) is 0 Å². The highest BCUT2D eigenvalue weighted by molar-refractivity contribution is 5.99. The van der Waals surface area contributed by atoms with Crippen LogP contribution >= 0.6 is 0 Å². The maximum Gasteiger partial charge on any atom is 0.254 e. The molecular formula is C19H18FN5O. The highest BCUT2D eigenvalue weighted by Crippen LogP contribution is 2.29. The Labute approximate surface area is 150 Å². The molecule has 3 aromatic rings. The first-order valence-corrected chi connectivity index (χ1v) is 8.56. The van der Waals surface area contributed by atoms with Gasteiger partial charge in [-0.1, -0.05) is 18.2 Å². The number of halogens is 1. The molecule has 1 aliphatic heterocycles. The van der Waals surface area contributed by atoms with E-state index in [1.165, 1.54) is 10.9 Å². The van der Waals surface area contributed by atoms with Gasteiger partial charge in [0.05, 0.1) is 5.69 Å². The summed E-state index contributed by atoms with van der Waals surface area (Å²) < 4.78 is 15.4. The Bertz CT molecular complexity index is 997. The standard InChI is InChI=1S/C19H18FN5O/c1-3-9-24-11-14-10-13(6-7-15(14)19(24)26)17-12(2)25(23-22-17)16-5-4-8-21-18(16)20/h4-8,10H,3,9,11H2,1-2H3. The fraction of sp³-hybridized carbons (Fsp3) is 0.263. The van der Waals surface area contributed by atoms with Crippen molar-refractivity contribution in [2.75, 3.05) is 6.54 Å². The molecule has 1 aromatic carbocycles. The van der Waals surface area contributed by atoms with Crippen LogP contribution in [-0.4, -0.2) is 37.3 Å². The van der Waals surface area contributed by atoms with E-state index in [2.05, 4.69) is 22.2 Å². The van der Waals surface area contributed by atoms with Crippen molar-refractivity contribution in [3.63, 3.8) is 0 Å². The minimum atomic E-state index is -0.596. The quantitative estimate of drug-likeness (QED) is 0.678. The van der Waals surface area contributed by atoms with Crippen LogP contribution in [0.1, 0.15) is 35.0 Å². The minimum absolute atomic E-state index is 0.0752. The van der Waals surface area contributed by atoms with Gasteiger partial charge in [-0.3, -0.25) is 4.79 Å². The van der Waals surface area contributed by atoms with Crippen molar-refractivity contribution in [2.24, 2.45) is 0 Å². The van der Waals surface area contributed by atoms with Gasteiger partial charge in [-0.2, -0.15) is 4.39 Å². The molecule has 7 heteroatoms. The number of nitrogens with zero attached hydrogens (tertiary/aromatic N) is 5. The molecule has 0 saturated carbocycles. The van der Waals surface area contributed by atoms with E-state index in [0.29, 0.717) is 17.9 Å². The van der Waals surface area contributed by atoms with Crippen LogP contribution < -0.4 is 0 Å². The number of hydrogen-bond donors (Lipinski definition) is 0. The lowest BCUT2D eigenvalue weighted by atomic mass is 10.0. The van der Waals surface area contributed by atoms with E-state index in [-0.39, 0.29) is 11.6 Å². The second-order valence-corrected chi connectivity index (χ2v) is 6.35. The summed E-state index contributed by atoms with van der Waals surface area (Å²) in [4.78, 5) is 17.9. The Hall–Kier alpha value is -3.09. The SMILES string of the molecule is CCCN1Cc2cc(-c3nnn(-c4cccnc4F)c3C)ccc2C1=O. The van der Waals surface area contributed by atoms with Crippen molar-refractivity contribution in [1.29, 1.82) is 0 Å². The molecule has 0 radical (unpaired) electrons. The van der Waals surface area contributed by atoms with Crippen molar-refractivity contribution < 1.29 is 9.18 Å². The molecule has 1 aliphatic rings. The first-order valence-electron chi connectivity index (χ1n) is 8.56. The van der Waals surface area contributed by atoms with Crippen molar-refractivity contribution >= 4 is 5.91 Å². The second-order valence-electron chi connectivity index (χ2n) is 6.35. The molecule has 4 rings (SSSR count). The molecule has 0 unspecified atom stereocenters. The van der Waals surface area contributed by atoms with E-state index in [9.17, 15) is 9.18 Å². The third-order valence-corrected chi connectivity index (χ3v) is 4.61. The van der Waals surface area contributed by atoms with Crippen molar-refractivity contribution in [1.82, 2.24) is 24.9 Å². The summed E-state index contributed by atoms with van der Waals surface area (Å²) in [5, 5.41) is 8.31. The molecule has 0 N–H and O–H groups in total. The van der Waals surface area contributed by atoms with E-state index >= 15 is 0 Å². The summed E-state index contributed by atoms with van der Waals surface area (Å²) in [6.07, 6.45) is 2.32. The Morgan fingerprint density at radius 1 is 1.27 bits per heavy atom. The van der Waals surface area contributed by atoms with Gasteiger partial charge >= 0.3 is 0 Å². The normalized spacial score (nSPS) is 13.3. The fourth-order valence-corrected chi connectivity index (χ4v) is 3.34. The molecule has 132 valence electrons. The molecule has 1 amide bonds. The van der Waals surface area contributed by atoms with Gasteiger partial charge in [-0.15, -0.1) is 5.10 Å². The minimum Gasteiger partial charge on any atom is -0.334 e. The highest BCUT2D eigenvalue weighted by atomic mass is 19.1. The molecule has 0 spiro atoms. The average Bonchev–Trinajstić information content (AvgIpc) is 3.16. The molecule has 6 nitrogen and oxygen atoms in total. The third-order valence-electron chi connectivity index (χ3n) is 4.61. The van der Waals surface area contributed by atoms with Crippen LogP contribution in [0, 0.1) is 12.9 Å². The molecule has 0 saturated heterocycles. The van der Waals surface area contributed by atoms with E-state index in [0.717, 1.165) is 29.7 Å². The Balaban J connectivity index is 1.72. The van der Waals surface area contributed by atoms with Gasteiger partial charge < -0.3 is 4.90 Å². The second kappa shape index (κ2) is 6.33. The zero-order valence-corrected chi connectivity index (χ0v) is 14.6. The van der Waals surface area contributed by atoms with Crippen molar-refractivity contribution in [3.8, 4) is 16.9 Å². The van der Waals surface area contributed by atoms with Gasteiger partial charge in [0.25, 0.3) is 5.91 Å². The molecule has 0 aliphatic carbocycles. The maximum absolute atomic E-state index is 14.0.